The molecule has 0 aliphatic rings. The van der Waals surface area contributed by atoms with Gasteiger partial charge in [0, 0.05) is 18.7 Å². The minimum absolute atomic E-state index is 0.320. The minimum Gasteiger partial charge on any atom is -0.399 e. The smallest absolute Gasteiger partial charge is 0.389 e. The molecule has 0 atom stereocenters. The predicted molar refractivity (Wildman–Crippen MR) is 62.9 cm³/mol. The number of amides is 1. The number of hydrogen-bond acceptors (Lipinski definition) is 2. The molecule has 100 valence electrons. The van der Waals surface area contributed by atoms with Gasteiger partial charge >= 0.3 is 6.18 Å². The Balaban J connectivity index is 2.21. The first-order valence-corrected chi connectivity index (χ1v) is 5.55. The Bertz CT molecular complexity index is 387. The third kappa shape index (κ3) is 6.12. The molecule has 0 heterocycles. The van der Waals surface area contributed by atoms with Crippen molar-refractivity contribution in [3.8, 4) is 0 Å². The zero-order valence-electron chi connectivity index (χ0n) is 9.76. The van der Waals surface area contributed by atoms with Gasteiger partial charge in [0.15, 0.2) is 0 Å². The monoisotopic (exact) mass is 260 g/mol. The summed E-state index contributed by atoms with van der Waals surface area (Å²) in [5.74, 6) is -0.581. The Kier molecular flexibility index (Phi) is 5.00. The molecule has 0 radical (unpaired) electrons. The number of nitrogens with one attached hydrogen (secondary N) is 1. The molecule has 1 aromatic carbocycles. The summed E-state index contributed by atoms with van der Waals surface area (Å²) < 4.78 is 35.5. The number of carbonyl (C=O) groups excluding carboxylic acids is 1. The lowest BCUT2D eigenvalue weighted by Crippen LogP contribution is -2.26. The van der Waals surface area contributed by atoms with Crippen LogP contribution in [0.1, 0.15) is 18.4 Å². The first-order chi connectivity index (χ1) is 8.37. The Morgan fingerprint density at radius 1 is 1.22 bits per heavy atom. The number of carbonyl (C=O) groups is 1. The summed E-state index contributed by atoms with van der Waals surface area (Å²) in [6.07, 6.45) is -5.32. The summed E-state index contributed by atoms with van der Waals surface area (Å²) in [7, 11) is 0. The van der Waals surface area contributed by atoms with Gasteiger partial charge in [-0.05, 0) is 24.1 Å². The lowest BCUT2D eigenvalue weighted by Gasteiger charge is -2.07. The second-order valence-corrected chi connectivity index (χ2v) is 3.96. The molecule has 0 saturated heterocycles. The molecule has 0 unspecified atom stereocenters. The van der Waals surface area contributed by atoms with Gasteiger partial charge in [0.1, 0.15) is 0 Å². The molecule has 1 aromatic rings. The number of rotatable bonds is 5. The number of hydrogen-bond donors (Lipinski definition) is 2. The van der Waals surface area contributed by atoms with Crippen molar-refractivity contribution < 1.29 is 18.0 Å². The molecule has 0 aliphatic heterocycles. The molecular formula is C12H15F3N2O. The van der Waals surface area contributed by atoms with E-state index in [1.807, 2.05) is 12.1 Å². The number of benzene rings is 1. The zero-order valence-corrected chi connectivity index (χ0v) is 9.76. The van der Waals surface area contributed by atoms with Crippen LogP contribution in [-0.2, 0) is 11.2 Å². The van der Waals surface area contributed by atoms with Gasteiger partial charge in [0.25, 0.3) is 0 Å². The van der Waals surface area contributed by atoms with E-state index in [-0.39, 0.29) is 0 Å². The van der Waals surface area contributed by atoms with E-state index in [1.165, 1.54) is 0 Å². The van der Waals surface area contributed by atoms with Crippen LogP contribution in [0.5, 0.6) is 0 Å². The minimum atomic E-state index is -4.28. The van der Waals surface area contributed by atoms with Gasteiger partial charge in [-0.1, -0.05) is 12.1 Å². The highest BCUT2D eigenvalue weighted by Crippen LogP contribution is 2.20. The van der Waals surface area contributed by atoms with Crippen molar-refractivity contribution in [2.75, 3.05) is 12.3 Å². The van der Waals surface area contributed by atoms with Crippen LogP contribution in [0.15, 0.2) is 24.3 Å². The van der Waals surface area contributed by atoms with Crippen LogP contribution in [0.2, 0.25) is 0 Å². The SMILES string of the molecule is Nc1ccc(CCNC(=O)CCC(F)(F)F)cc1. The molecule has 1 rings (SSSR count). The molecular weight excluding hydrogens is 245 g/mol. The van der Waals surface area contributed by atoms with Crippen molar-refractivity contribution >= 4 is 11.6 Å². The summed E-state index contributed by atoms with van der Waals surface area (Å²) in [4.78, 5) is 11.1. The number of nitrogens with two attached hydrogens (primary N) is 1. The number of anilines is 1. The van der Waals surface area contributed by atoms with Gasteiger partial charge in [-0.15, -0.1) is 0 Å². The fourth-order valence-electron chi connectivity index (χ4n) is 1.37. The standard InChI is InChI=1S/C12H15F3N2O/c13-12(14,15)7-5-11(18)17-8-6-9-1-3-10(16)4-2-9/h1-4H,5-8,16H2,(H,17,18). The second-order valence-electron chi connectivity index (χ2n) is 3.96. The van der Waals surface area contributed by atoms with E-state index in [9.17, 15) is 18.0 Å². The molecule has 0 spiro atoms. The maximum Gasteiger partial charge on any atom is 0.389 e. The zero-order chi connectivity index (χ0) is 13.6. The van der Waals surface area contributed by atoms with Crippen LogP contribution in [0.4, 0.5) is 18.9 Å². The van der Waals surface area contributed by atoms with Gasteiger partial charge in [-0.3, -0.25) is 4.79 Å². The Morgan fingerprint density at radius 3 is 2.39 bits per heavy atom. The van der Waals surface area contributed by atoms with Crippen LogP contribution >= 0.6 is 0 Å². The summed E-state index contributed by atoms with van der Waals surface area (Å²) in [5.41, 5.74) is 7.13. The van der Waals surface area contributed by atoms with Crippen molar-refractivity contribution in [3.63, 3.8) is 0 Å². The highest BCUT2D eigenvalue weighted by Gasteiger charge is 2.27. The summed E-state index contributed by atoms with van der Waals surface area (Å²) in [6.45, 7) is 0.320. The van der Waals surface area contributed by atoms with Crippen LogP contribution in [0, 0.1) is 0 Å². The van der Waals surface area contributed by atoms with Gasteiger partial charge in [-0.2, -0.15) is 13.2 Å². The van der Waals surface area contributed by atoms with Crippen LogP contribution in [0.25, 0.3) is 0 Å². The topological polar surface area (TPSA) is 55.1 Å². The average Bonchev–Trinajstić information content (AvgIpc) is 2.28. The predicted octanol–water partition coefficient (Wildman–Crippen LogP) is 2.27. The summed E-state index contributed by atoms with van der Waals surface area (Å²) >= 11 is 0. The van der Waals surface area contributed by atoms with Crippen molar-refractivity contribution in [3.05, 3.63) is 29.8 Å². The lowest BCUT2D eigenvalue weighted by molar-refractivity contribution is -0.144. The van der Waals surface area contributed by atoms with Crippen LogP contribution in [-0.4, -0.2) is 18.6 Å². The molecule has 1 amide bonds. The summed E-state index contributed by atoms with van der Waals surface area (Å²) in [6, 6.07) is 7.11. The molecule has 0 saturated carbocycles. The van der Waals surface area contributed by atoms with Crippen molar-refractivity contribution in [1.29, 1.82) is 0 Å². The lowest BCUT2D eigenvalue weighted by atomic mass is 10.1. The maximum atomic E-state index is 11.8. The number of halogens is 3. The van der Waals surface area contributed by atoms with E-state index in [2.05, 4.69) is 5.32 Å². The van der Waals surface area contributed by atoms with E-state index < -0.39 is 24.9 Å². The van der Waals surface area contributed by atoms with E-state index >= 15 is 0 Å². The average molecular weight is 260 g/mol. The Hall–Kier alpha value is -1.72. The van der Waals surface area contributed by atoms with Gasteiger partial charge in [-0.25, -0.2) is 0 Å². The first kappa shape index (κ1) is 14.3. The quantitative estimate of drug-likeness (QED) is 0.798. The summed E-state index contributed by atoms with van der Waals surface area (Å²) in [5, 5.41) is 2.45. The number of alkyl halides is 3. The van der Waals surface area contributed by atoms with Crippen molar-refractivity contribution in [2.24, 2.45) is 0 Å². The molecule has 6 heteroatoms. The molecule has 18 heavy (non-hydrogen) atoms. The highest BCUT2D eigenvalue weighted by atomic mass is 19.4. The van der Waals surface area contributed by atoms with Crippen LogP contribution < -0.4 is 11.1 Å². The second kappa shape index (κ2) is 6.28. The highest BCUT2D eigenvalue weighted by molar-refractivity contribution is 5.75. The first-order valence-electron chi connectivity index (χ1n) is 5.55. The Labute approximate surface area is 103 Å². The van der Waals surface area contributed by atoms with Gasteiger partial charge in [0.05, 0.1) is 6.42 Å². The van der Waals surface area contributed by atoms with Crippen LogP contribution in [0.3, 0.4) is 0 Å². The third-order valence-electron chi connectivity index (χ3n) is 2.35. The van der Waals surface area contributed by atoms with Crippen molar-refractivity contribution in [2.45, 2.75) is 25.4 Å². The molecule has 0 bridgehead atoms. The molecule has 3 nitrogen and oxygen atoms in total. The normalized spacial score (nSPS) is 11.3. The Morgan fingerprint density at radius 2 is 1.83 bits per heavy atom. The van der Waals surface area contributed by atoms with Gasteiger partial charge in [0.2, 0.25) is 5.91 Å². The molecule has 0 aliphatic carbocycles. The number of nitrogen functional groups attached to an aromatic ring is 1. The van der Waals surface area contributed by atoms with Crippen molar-refractivity contribution in [1.82, 2.24) is 5.32 Å². The van der Waals surface area contributed by atoms with E-state index in [0.29, 0.717) is 18.7 Å². The fraction of sp³-hybridized carbons (Fsp3) is 0.417. The third-order valence-corrected chi connectivity index (χ3v) is 2.35. The van der Waals surface area contributed by atoms with E-state index in [1.54, 1.807) is 12.1 Å². The van der Waals surface area contributed by atoms with E-state index in [0.717, 1.165) is 5.56 Å². The molecule has 3 N–H and O–H groups in total. The molecule has 0 aromatic heterocycles. The van der Waals surface area contributed by atoms with Gasteiger partial charge < -0.3 is 11.1 Å². The molecule has 0 fully saturated rings. The van der Waals surface area contributed by atoms with E-state index in [4.69, 9.17) is 5.73 Å². The largest absolute Gasteiger partial charge is 0.399 e. The maximum absolute atomic E-state index is 11.8. The fourth-order valence-corrected chi connectivity index (χ4v) is 1.37.